The van der Waals surface area contributed by atoms with Gasteiger partial charge >= 0.3 is 0 Å². The van der Waals surface area contributed by atoms with Gasteiger partial charge in [-0.2, -0.15) is 0 Å². The summed E-state index contributed by atoms with van der Waals surface area (Å²) in [5.41, 5.74) is 1.88. The van der Waals surface area contributed by atoms with E-state index >= 15 is 0 Å². The first-order valence-electron chi connectivity index (χ1n) is 7.58. The van der Waals surface area contributed by atoms with Gasteiger partial charge in [-0.1, -0.05) is 35.6 Å². The number of ether oxygens (including phenoxy) is 1. The van der Waals surface area contributed by atoms with Gasteiger partial charge in [-0.05, 0) is 25.1 Å². The van der Waals surface area contributed by atoms with Crippen LogP contribution in [0, 0.1) is 6.92 Å². The van der Waals surface area contributed by atoms with Crippen LogP contribution in [0.15, 0.2) is 54.9 Å². The van der Waals surface area contributed by atoms with Gasteiger partial charge in [0.25, 0.3) is 0 Å². The number of carbonyl (C=O) groups excluding carboxylic acids is 1. The van der Waals surface area contributed by atoms with Crippen LogP contribution in [0.5, 0.6) is 5.75 Å². The fourth-order valence-corrected chi connectivity index (χ4v) is 3.15. The second-order valence-corrected chi connectivity index (χ2v) is 6.13. The summed E-state index contributed by atoms with van der Waals surface area (Å²) in [6.07, 6.45) is 3.80. The van der Waals surface area contributed by atoms with E-state index in [1.807, 2.05) is 49.4 Å². The zero-order valence-electron chi connectivity index (χ0n) is 13.2. The van der Waals surface area contributed by atoms with Crippen molar-refractivity contribution in [2.24, 2.45) is 0 Å². The van der Waals surface area contributed by atoms with Gasteiger partial charge in [0.2, 0.25) is 5.91 Å². The van der Waals surface area contributed by atoms with Gasteiger partial charge in [0.05, 0.1) is 23.6 Å². The fraction of sp³-hybridized carbons (Fsp3) is 0.167. The molecule has 0 unspecified atom stereocenters. The Bertz CT molecular complexity index is 804. The molecule has 1 aromatic carbocycles. The lowest BCUT2D eigenvalue weighted by Gasteiger charge is -2.05. The highest BCUT2D eigenvalue weighted by Gasteiger charge is 2.12. The van der Waals surface area contributed by atoms with Crippen molar-refractivity contribution in [2.45, 2.75) is 13.3 Å². The minimum Gasteiger partial charge on any atom is -0.493 e. The van der Waals surface area contributed by atoms with Crippen molar-refractivity contribution in [1.29, 1.82) is 0 Å². The van der Waals surface area contributed by atoms with E-state index in [4.69, 9.17) is 4.74 Å². The molecule has 3 rings (SSSR count). The van der Waals surface area contributed by atoms with Crippen LogP contribution in [0.25, 0.3) is 10.4 Å². The number of hydrogen-bond acceptors (Lipinski definition) is 5. The van der Waals surface area contributed by atoms with E-state index in [2.05, 4.69) is 15.3 Å². The van der Waals surface area contributed by atoms with Crippen LogP contribution in [0.4, 0.5) is 5.13 Å². The number of amides is 1. The molecule has 0 aliphatic carbocycles. The lowest BCUT2D eigenvalue weighted by Crippen LogP contribution is -2.15. The van der Waals surface area contributed by atoms with E-state index in [1.165, 1.54) is 11.3 Å². The zero-order valence-corrected chi connectivity index (χ0v) is 14.0. The molecule has 2 aromatic heterocycles. The number of pyridine rings is 1. The van der Waals surface area contributed by atoms with E-state index in [9.17, 15) is 4.79 Å². The minimum absolute atomic E-state index is 0.114. The number of carbonyl (C=O) groups is 1. The first kappa shape index (κ1) is 16.1. The largest absolute Gasteiger partial charge is 0.493 e. The topological polar surface area (TPSA) is 64.1 Å². The normalized spacial score (nSPS) is 10.4. The van der Waals surface area contributed by atoms with Gasteiger partial charge in [0.1, 0.15) is 5.75 Å². The number of anilines is 1. The van der Waals surface area contributed by atoms with E-state index < -0.39 is 0 Å². The average molecular weight is 339 g/mol. The van der Waals surface area contributed by atoms with E-state index in [-0.39, 0.29) is 12.3 Å². The van der Waals surface area contributed by atoms with Gasteiger partial charge in [-0.25, -0.2) is 4.98 Å². The number of aryl methyl sites for hydroxylation is 1. The number of nitrogens with one attached hydrogen (secondary N) is 1. The Labute approximate surface area is 144 Å². The number of hydrogen-bond donors (Lipinski definition) is 1. The maximum atomic E-state index is 12.0. The average Bonchev–Trinajstić information content (AvgIpc) is 2.97. The molecule has 24 heavy (non-hydrogen) atoms. The third-order valence-electron chi connectivity index (χ3n) is 3.31. The number of thiazole rings is 1. The van der Waals surface area contributed by atoms with Gasteiger partial charge in [0, 0.05) is 18.0 Å². The fourth-order valence-electron chi connectivity index (χ4n) is 2.17. The summed E-state index contributed by atoms with van der Waals surface area (Å²) >= 11 is 1.45. The predicted molar refractivity (Wildman–Crippen MR) is 95.3 cm³/mol. The maximum Gasteiger partial charge on any atom is 0.229 e. The third kappa shape index (κ3) is 4.17. The molecule has 5 nitrogen and oxygen atoms in total. The SMILES string of the molecule is Cc1nc(NC(=O)CCOc2ccccc2)sc1-c1cccnc1. The lowest BCUT2D eigenvalue weighted by atomic mass is 10.2. The second-order valence-electron chi connectivity index (χ2n) is 5.13. The number of aromatic nitrogens is 2. The third-order valence-corrected chi connectivity index (χ3v) is 4.43. The van der Waals surface area contributed by atoms with Gasteiger partial charge < -0.3 is 10.1 Å². The molecular formula is C18H17N3O2S. The summed E-state index contributed by atoms with van der Waals surface area (Å²) in [6, 6.07) is 13.3. The second kappa shape index (κ2) is 7.70. The van der Waals surface area contributed by atoms with Crippen molar-refractivity contribution < 1.29 is 9.53 Å². The van der Waals surface area contributed by atoms with Crippen molar-refractivity contribution in [1.82, 2.24) is 9.97 Å². The number of para-hydroxylation sites is 1. The van der Waals surface area contributed by atoms with Crippen LogP contribution in [0.1, 0.15) is 12.1 Å². The Morgan fingerprint density at radius 2 is 2.04 bits per heavy atom. The van der Waals surface area contributed by atoms with Crippen LogP contribution < -0.4 is 10.1 Å². The Morgan fingerprint density at radius 1 is 1.21 bits per heavy atom. The molecule has 0 saturated carbocycles. The van der Waals surface area contributed by atoms with Crippen LogP contribution in [0.3, 0.4) is 0 Å². The summed E-state index contributed by atoms with van der Waals surface area (Å²) in [5, 5.41) is 3.42. The van der Waals surface area contributed by atoms with Gasteiger partial charge in [-0.15, -0.1) is 0 Å². The summed E-state index contributed by atoms with van der Waals surface area (Å²) in [7, 11) is 0. The molecule has 1 amide bonds. The van der Waals surface area contributed by atoms with Crippen molar-refractivity contribution in [3.8, 4) is 16.2 Å². The Kier molecular flexibility index (Phi) is 5.18. The lowest BCUT2D eigenvalue weighted by molar-refractivity contribution is -0.116. The minimum atomic E-state index is -0.114. The maximum absolute atomic E-state index is 12.0. The number of rotatable bonds is 6. The van der Waals surface area contributed by atoms with Crippen LogP contribution in [-0.4, -0.2) is 22.5 Å². The molecule has 0 saturated heterocycles. The first-order valence-corrected chi connectivity index (χ1v) is 8.39. The smallest absolute Gasteiger partial charge is 0.229 e. The van der Waals surface area contributed by atoms with Gasteiger partial charge in [-0.3, -0.25) is 9.78 Å². The van der Waals surface area contributed by atoms with E-state index in [0.29, 0.717) is 11.7 Å². The molecule has 3 aromatic rings. The Balaban J connectivity index is 1.55. The molecule has 0 spiro atoms. The molecule has 1 N–H and O–H groups in total. The van der Waals surface area contributed by atoms with E-state index in [1.54, 1.807) is 12.4 Å². The van der Waals surface area contributed by atoms with Crippen LogP contribution >= 0.6 is 11.3 Å². The van der Waals surface area contributed by atoms with Crippen molar-refractivity contribution in [2.75, 3.05) is 11.9 Å². The highest BCUT2D eigenvalue weighted by molar-refractivity contribution is 7.19. The molecule has 0 fully saturated rings. The molecule has 122 valence electrons. The summed E-state index contributed by atoms with van der Waals surface area (Å²) in [4.78, 5) is 21.6. The van der Waals surface area contributed by atoms with Crippen molar-refractivity contribution in [3.05, 3.63) is 60.6 Å². The summed E-state index contributed by atoms with van der Waals surface area (Å²) in [5.74, 6) is 0.645. The molecule has 2 heterocycles. The molecule has 0 aliphatic heterocycles. The zero-order chi connectivity index (χ0) is 16.8. The predicted octanol–water partition coefficient (Wildman–Crippen LogP) is 3.92. The Morgan fingerprint density at radius 3 is 2.79 bits per heavy atom. The molecule has 0 bridgehead atoms. The van der Waals surface area contributed by atoms with Crippen molar-refractivity contribution >= 4 is 22.4 Å². The molecule has 0 atom stereocenters. The van der Waals surface area contributed by atoms with Crippen LogP contribution in [0.2, 0.25) is 0 Å². The molecule has 0 aliphatic rings. The number of nitrogens with zero attached hydrogens (tertiary/aromatic N) is 2. The summed E-state index contributed by atoms with van der Waals surface area (Å²) in [6.45, 7) is 2.25. The summed E-state index contributed by atoms with van der Waals surface area (Å²) < 4.78 is 5.53. The van der Waals surface area contributed by atoms with Crippen molar-refractivity contribution in [3.63, 3.8) is 0 Å². The molecule has 0 radical (unpaired) electrons. The highest BCUT2D eigenvalue weighted by atomic mass is 32.1. The quantitative estimate of drug-likeness (QED) is 0.739. The monoisotopic (exact) mass is 339 g/mol. The highest BCUT2D eigenvalue weighted by Crippen LogP contribution is 2.32. The molecule has 6 heteroatoms. The number of benzene rings is 1. The van der Waals surface area contributed by atoms with Crippen LogP contribution in [-0.2, 0) is 4.79 Å². The molecular weight excluding hydrogens is 322 g/mol. The Hall–Kier alpha value is -2.73. The van der Waals surface area contributed by atoms with E-state index in [0.717, 1.165) is 21.9 Å². The standard InChI is InChI=1S/C18H17N3O2S/c1-13-17(14-6-5-10-19-12-14)24-18(20-13)21-16(22)9-11-23-15-7-3-2-4-8-15/h2-8,10,12H,9,11H2,1H3,(H,20,21,22). The van der Waals surface area contributed by atoms with Gasteiger partial charge in [0.15, 0.2) is 5.13 Å². The first-order chi connectivity index (χ1) is 11.7.